The second kappa shape index (κ2) is 6.80. The lowest BCUT2D eigenvalue weighted by Crippen LogP contribution is -2.42. The van der Waals surface area contributed by atoms with Crippen LogP contribution in [0.5, 0.6) is 0 Å². The molecule has 0 bridgehead atoms. The van der Waals surface area contributed by atoms with Gasteiger partial charge in [0.25, 0.3) is 0 Å². The van der Waals surface area contributed by atoms with Gasteiger partial charge >= 0.3 is 0 Å². The topological polar surface area (TPSA) is 61.4 Å². The summed E-state index contributed by atoms with van der Waals surface area (Å²) in [4.78, 5) is 11.4. The standard InChI is InChI=1S/C11H24N2O2/c1-5-9(2)13-10(15)6-12-7-11(3,4)8-14/h9,12,14H,5-8H2,1-4H3,(H,13,15). The molecule has 0 saturated heterocycles. The van der Waals surface area contributed by atoms with E-state index in [2.05, 4.69) is 10.6 Å². The molecular formula is C11H24N2O2. The number of aliphatic hydroxyl groups is 1. The molecule has 1 amide bonds. The SMILES string of the molecule is CCC(C)NC(=O)CNCC(C)(C)CO. The predicted molar refractivity (Wildman–Crippen MR) is 61.6 cm³/mol. The highest BCUT2D eigenvalue weighted by atomic mass is 16.3. The average molecular weight is 216 g/mol. The van der Waals surface area contributed by atoms with E-state index in [0.29, 0.717) is 13.1 Å². The number of carbonyl (C=O) groups excluding carboxylic acids is 1. The Hall–Kier alpha value is -0.610. The van der Waals surface area contributed by atoms with E-state index in [9.17, 15) is 4.79 Å². The van der Waals surface area contributed by atoms with E-state index in [1.54, 1.807) is 0 Å². The maximum Gasteiger partial charge on any atom is 0.234 e. The van der Waals surface area contributed by atoms with Crippen LogP contribution in [0.25, 0.3) is 0 Å². The smallest absolute Gasteiger partial charge is 0.234 e. The van der Waals surface area contributed by atoms with Gasteiger partial charge in [-0.3, -0.25) is 4.79 Å². The third kappa shape index (κ3) is 7.33. The number of nitrogens with one attached hydrogen (secondary N) is 2. The van der Waals surface area contributed by atoms with E-state index < -0.39 is 0 Å². The van der Waals surface area contributed by atoms with Crippen molar-refractivity contribution in [2.24, 2.45) is 5.41 Å². The molecule has 0 aromatic heterocycles. The van der Waals surface area contributed by atoms with Crippen molar-refractivity contribution < 1.29 is 9.90 Å². The lowest BCUT2D eigenvalue weighted by atomic mass is 9.95. The molecule has 0 aromatic carbocycles. The second-order valence-electron chi connectivity index (χ2n) is 4.80. The van der Waals surface area contributed by atoms with Gasteiger partial charge in [0.1, 0.15) is 0 Å². The van der Waals surface area contributed by atoms with Crippen molar-refractivity contribution in [3.05, 3.63) is 0 Å². The van der Waals surface area contributed by atoms with Crippen LogP contribution in [-0.2, 0) is 4.79 Å². The summed E-state index contributed by atoms with van der Waals surface area (Å²) in [5.74, 6) is 0.0121. The van der Waals surface area contributed by atoms with Crippen LogP contribution in [0.15, 0.2) is 0 Å². The van der Waals surface area contributed by atoms with Crippen LogP contribution in [0.3, 0.4) is 0 Å². The zero-order valence-electron chi connectivity index (χ0n) is 10.3. The molecule has 0 aromatic rings. The van der Waals surface area contributed by atoms with Gasteiger partial charge in [0.05, 0.1) is 6.54 Å². The minimum absolute atomic E-state index is 0.0121. The number of carbonyl (C=O) groups is 1. The van der Waals surface area contributed by atoms with Gasteiger partial charge < -0.3 is 15.7 Å². The Bertz CT molecular complexity index is 193. The summed E-state index contributed by atoms with van der Waals surface area (Å²) in [5.41, 5.74) is -0.170. The van der Waals surface area contributed by atoms with E-state index in [1.165, 1.54) is 0 Å². The molecule has 15 heavy (non-hydrogen) atoms. The molecule has 0 saturated carbocycles. The van der Waals surface area contributed by atoms with Crippen LogP contribution < -0.4 is 10.6 Å². The maximum absolute atomic E-state index is 11.4. The molecule has 0 radical (unpaired) electrons. The molecule has 1 atom stereocenters. The molecule has 0 fully saturated rings. The van der Waals surface area contributed by atoms with E-state index in [1.807, 2.05) is 27.7 Å². The Labute approximate surface area is 92.4 Å². The van der Waals surface area contributed by atoms with E-state index in [-0.39, 0.29) is 24.0 Å². The fourth-order valence-corrected chi connectivity index (χ4v) is 0.998. The van der Waals surface area contributed by atoms with Gasteiger partial charge in [-0.25, -0.2) is 0 Å². The Morgan fingerprint density at radius 3 is 2.53 bits per heavy atom. The lowest BCUT2D eigenvalue weighted by molar-refractivity contribution is -0.120. The number of rotatable bonds is 7. The summed E-state index contributed by atoms with van der Waals surface area (Å²) in [6.45, 7) is 8.99. The van der Waals surface area contributed by atoms with Gasteiger partial charge in [0.2, 0.25) is 5.91 Å². The largest absolute Gasteiger partial charge is 0.396 e. The van der Waals surface area contributed by atoms with Crippen molar-refractivity contribution in [2.45, 2.75) is 40.2 Å². The number of hydrogen-bond donors (Lipinski definition) is 3. The maximum atomic E-state index is 11.4. The summed E-state index contributed by atoms with van der Waals surface area (Å²) < 4.78 is 0. The summed E-state index contributed by atoms with van der Waals surface area (Å²) in [5, 5.41) is 14.9. The van der Waals surface area contributed by atoms with Gasteiger partial charge in [-0.15, -0.1) is 0 Å². The van der Waals surface area contributed by atoms with Gasteiger partial charge in [-0.2, -0.15) is 0 Å². The molecule has 0 spiro atoms. The molecule has 4 heteroatoms. The van der Waals surface area contributed by atoms with Crippen LogP contribution in [0, 0.1) is 5.41 Å². The van der Waals surface area contributed by atoms with Crippen molar-refractivity contribution in [3.63, 3.8) is 0 Å². The fraction of sp³-hybridized carbons (Fsp3) is 0.909. The van der Waals surface area contributed by atoms with Crippen LogP contribution in [0.1, 0.15) is 34.1 Å². The molecule has 0 heterocycles. The molecule has 90 valence electrons. The van der Waals surface area contributed by atoms with Gasteiger partial charge in [0.15, 0.2) is 0 Å². The van der Waals surface area contributed by atoms with Gasteiger partial charge in [-0.1, -0.05) is 20.8 Å². The lowest BCUT2D eigenvalue weighted by Gasteiger charge is -2.22. The summed E-state index contributed by atoms with van der Waals surface area (Å²) >= 11 is 0. The summed E-state index contributed by atoms with van der Waals surface area (Å²) in [6.07, 6.45) is 0.938. The molecular weight excluding hydrogens is 192 g/mol. The van der Waals surface area contributed by atoms with E-state index in [0.717, 1.165) is 6.42 Å². The predicted octanol–water partition coefficient (Wildman–Crippen LogP) is 0.509. The first-order valence-electron chi connectivity index (χ1n) is 5.52. The van der Waals surface area contributed by atoms with Gasteiger partial charge in [-0.05, 0) is 13.3 Å². The quantitative estimate of drug-likeness (QED) is 0.581. The molecule has 4 nitrogen and oxygen atoms in total. The zero-order chi connectivity index (χ0) is 11.9. The fourth-order valence-electron chi connectivity index (χ4n) is 0.998. The van der Waals surface area contributed by atoms with Crippen molar-refractivity contribution in [1.29, 1.82) is 0 Å². The van der Waals surface area contributed by atoms with Crippen LogP contribution in [0.4, 0.5) is 0 Å². The Balaban J connectivity index is 3.64. The highest BCUT2D eigenvalue weighted by molar-refractivity contribution is 5.78. The van der Waals surface area contributed by atoms with Crippen molar-refractivity contribution in [3.8, 4) is 0 Å². The van der Waals surface area contributed by atoms with Crippen LogP contribution >= 0.6 is 0 Å². The first kappa shape index (κ1) is 14.4. The molecule has 1 unspecified atom stereocenters. The minimum Gasteiger partial charge on any atom is -0.396 e. The first-order chi connectivity index (χ1) is 6.91. The number of amides is 1. The van der Waals surface area contributed by atoms with Crippen molar-refractivity contribution in [2.75, 3.05) is 19.7 Å². The Kier molecular flexibility index (Phi) is 6.52. The minimum atomic E-state index is -0.170. The first-order valence-corrected chi connectivity index (χ1v) is 5.52. The third-order valence-corrected chi connectivity index (χ3v) is 2.34. The molecule has 0 aliphatic heterocycles. The zero-order valence-corrected chi connectivity index (χ0v) is 10.3. The van der Waals surface area contributed by atoms with Crippen LogP contribution in [-0.4, -0.2) is 36.8 Å². The number of hydrogen-bond acceptors (Lipinski definition) is 3. The summed E-state index contributed by atoms with van der Waals surface area (Å²) in [7, 11) is 0. The van der Waals surface area contributed by atoms with Crippen molar-refractivity contribution >= 4 is 5.91 Å². The van der Waals surface area contributed by atoms with E-state index in [4.69, 9.17) is 5.11 Å². The van der Waals surface area contributed by atoms with Gasteiger partial charge in [0, 0.05) is 24.6 Å². The summed E-state index contributed by atoms with van der Waals surface area (Å²) in [6, 6.07) is 0.227. The van der Waals surface area contributed by atoms with E-state index >= 15 is 0 Å². The molecule has 0 aliphatic carbocycles. The Morgan fingerprint density at radius 2 is 2.07 bits per heavy atom. The number of aliphatic hydroxyl groups excluding tert-OH is 1. The molecule has 3 N–H and O–H groups in total. The second-order valence-corrected chi connectivity index (χ2v) is 4.80. The highest BCUT2D eigenvalue weighted by Crippen LogP contribution is 2.10. The third-order valence-electron chi connectivity index (χ3n) is 2.34. The Morgan fingerprint density at radius 1 is 1.47 bits per heavy atom. The molecule has 0 aliphatic rings. The highest BCUT2D eigenvalue weighted by Gasteiger charge is 2.16. The molecule has 0 rings (SSSR count). The average Bonchev–Trinajstić information content (AvgIpc) is 2.17. The van der Waals surface area contributed by atoms with Crippen LogP contribution in [0.2, 0.25) is 0 Å². The van der Waals surface area contributed by atoms with Crippen molar-refractivity contribution in [1.82, 2.24) is 10.6 Å². The monoisotopic (exact) mass is 216 g/mol. The normalized spacial score (nSPS) is 13.7.